The quantitative estimate of drug-likeness (QED) is 0.107. The van der Waals surface area contributed by atoms with Gasteiger partial charge in [0, 0.05) is 0 Å². The van der Waals surface area contributed by atoms with Crippen molar-refractivity contribution in [3.05, 3.63) is 0 Å². The molecule has 0 unspecified atom stereocenters. The average Bonchev–Trinajstić information content (AvgIpc) is 2.69. The molecule has 0 amide bonds. The van der Waals surface area contributed by atoms with Crippen LogP contribution < -0.4 is 0 Å². The van der Waals surface area contributed by atoms with Gasteiger partial charge in [0.25, 0.3) is 0 Å². The second-order valence-electron chi connectivity index (χ2n) is 7.73. The minimum absolute atomic E-state index is 0.342. The van der Waals surface area contributed by atoms with Gasteiger partial charge in [-0.15, -0.1) is 0 Å². The molecular weight excluding hydrogens is 395 g/mol. The molecule has 8 heteroatoms. The molecule has 0 aliphatic carbocycles. The van der Waals surface area contributed by atoms with Crippen LogP contribution in [0.5, 0.6) is 0 Å². The summed E-state index contributed by atoms with van der Waals surface area (Å²) < 4.78 is 19.1. The Hall–Kier alpha value is 0.150. The van der Waals surface area contributed by atoms with Crippen molar-refractivity contribution in [2.75, 3.05) is 33.7 Å². The van der Waals surface area contributed by atoms with Crippen LogP contribution in [0.15, 0.2) is 0 Å². The van der Waals surface area contributed by atoms with Crippen molar-refractivity contribution in [3.63, 3.8) is 0 Å². The predicted octanol–water partition coefficient (Wildman–Crippen LogP) is 5.62. The summed E-state index contributed by atoms with van der Waals surface area (Å²) in [5, 5.41) is 0. The topological polar surface area (TPSA) is 97.6 Å². The second kappa shape index (κ2) is 18.9. The molecule has 0 aliphatic heterocycles. The second-order valence-corrected chi connectivity index (χ2v) is 10.0. The predicted molar refractivity (Wildman–Crippen MR) is 118 cm³/mol. The fourth-order valence-corrected chi connectivity index (χ4v) is 3.37. The average molecular weight is 443 g/mol. The zero-order chi connectivity index (χ0) is 21.7. The van der Waals surface area contributed by atoms with Gasteiger partial charge in [0.15, 0.2) is 0 Å². The number of hydrogen-bond donors (Lipinski definition) is 3. The van der Waals surface area contributed by atoms with Gasteiger partial charge in [-0.05, 0) is 0 Å². The molecule has 0 aromatic carbocycles. The molecule has 0 rings (SSSR count). The van der Waals surface area contributed by atoms with Crippen LogP contribution >= 0.6 is 7.74 Å². The fraction of sp³-hybridized carbons (Fsp3) is 1.00. The molecule has 0 fully saturated rings. The van der Waals surface area contributed by atoms with Crippen molar-refractivity contribution >= 4 is 7.74 Å². The summed E-state index contributed by atoms with van der Waals surface area (Å²) in [6.45, 7) is 3.51. The third kappa shape index (κ3) is 22.7. The molecule has 0 saturated carbocycles. The van der Waals surface area contributed by atoms with E-state index in [1.165, 1.54) is 83.5 Å². The van der Waals surface area contributed by atoms with Crippen LogP contribution in [0.2, 0.25) is 0 Å². The Kier molecular flexibility index (Phi) is 19.0. The standard InChI is InChI=1S/C21H47O7P/c1-3-4-5-6-7-8-9-10-11-12-13-14-15-16-18-26-19-17-20-27-21-28-29(22,23,24)25-2/h22-24H,3-21H2,1-2H3. The van der Waals surface area contributed by atoms with E-state index >= 15 is 0 Å². The molecule has 0 spiro atoms. The third-order valence-corrected chi connectivity index (χ3v) is 6.10. The van der Waals surface area contributed by atoms with Crippen LogP contribution in [0, 0.1) is 0 Å². The maximum absolute atomic E-state index is 9.14. The minimum atomic E-state index is -5.41. The first-order valence-corrected chi connectivity index (χ1v) is 13.5. The Labute approximate surface area is 178 Å². The van der Waals surface area contributed by atoms with E-state index in [0.717, 1.165) is 20.1 Å². The fourth-order valence-electron chi connectivity index (χ4n) is 3.00. The maximum atomic E-state index is 9.14. The first-order chi connectivity index (χ1) is 13.9. The first-order valence-electron chi connectivity index (χ1n) is 11.5. The van der Waals surface area contributed by atoms with E-state index in [0.29, 0.717) is 19.6 Å². The van der Waals surface area contributed by atoms with Gasteiger partial charge in [0.05, 0.1) is 0 Å². The summed E-state index contributed by atoms with van der Waals surface area (Å²) in [7, 11) is -4.46. The summed E-state index contributed by atoms with van der Waals surface area (Å²) in [6.07, 6.45) is 19.5. The molecule has 0 bridgehead atoms. The summed E-state index contributed by atoms with van der Waals surface area (Å²) in [4.78, 5) is 27.4. The number of rotatable bonds is 23. The Balaban J connectivity index is 3.12. The molecule has 0 aliphatic rings. The Morgan fingerprint density at radius 1 is 0.552 bits per heavy atom. The molecule has 0 atom stereocenters. The van der Waals surface area contributed by atoms with Gasteiger partial charge in [-0.3, -0.25) is 0 Å². The van der Waals surface area contributed by atoms with E-state index in [4.69, 9.17) is 24.2 Å². The van der Waals surface area contributed by atoms with E-state index in [9.17, 15) is 0 Å². The third-order valence-electron chi connectivity index (χ3n) is 4.90. The summed E-state index contributed by atoms with van der Waals surface area (Å²) in [5.41, 5.74) is 0. The van der Waals surface area contributed by atoms with Gasteiger partial charge in [0.2, 0.25) is 0 Å². The summed E-state index contributed by atoms with van der Waals surface area (Å²) in [6, 6.07) is 0. The molecule has 7 nitrogen and oxygen atoms in total. The number of hydrogen-bond acceptors (Lipinski definition) is 7. The van der Waals surface area contributed by atoms with Gasteiger partial charge in [-0.1, -0.05) is 71.1 Å². The zero-order valence-electron chi connectivity index (χ0n) is 18.9. The molecule has 0 aromatic heterocycles. The monoisotopic (exact) mass is 442 g/mol. The van der Waals surface area contributed by atoms with E-state index in [1.807, 2.05) is 0 Å². The van der Waals surface area contributed by atoms with Crippen LogP contribution in [0.25, 0.3) is 0 Å². The van der Waals surface area contributed by atoms with Crippen LogP contribution in [0.1, 0.15) is 103 Å². The Morgan fingerprint density at radius 3 is 1.45 bits per heavy atom. The van der Waals surface area contributed by atoms with Crippen LogP contribution in [0.4, 0.5) is 0 Å². The molecule has 0 radical (unpaired) electrons. The van der Waals surface area contributed by atoms with Crippen molar-refractivity contribution in [2.24, 2.45) is 0 Å². The van der Waals surface area contributed by atoms with E-state index in [1.54, 1.807) is 0 Å². The SMILES string of the molecule is CCCCCCCCCCCCCCCCOCCCOCOP(O)(O)(O)OC. The van der Waals surface area contributed by atoms with Gasteiger partial charge in [-0.25, -0.2) is 0 Å². The zero-order valence-corrected chi connectivity index (χ0v) is 19.8. The normalized spacial score (nSPS) is 13.5. The molecule has 3 N–H and O–H groups in total. The van der Waals surface area contributed by atoms with E-state index in [2.05, 4.69) is 16.0 Å². The van der Waals surface area contributed by atoms with Gasteiger partial charge in [0.1, 0.15) is 0 Å². The molecule has 178 valence electrons. The van der Waals surface area contributed by atoms with Crippen molar-refractivity contribution < 1.29 is 33.2 Å². The van der Waals surface area contributed by atoms with Crippen molar-refractivity contribution in [3.8, 4) is 0 Å². The van der Waals surface area contributed by atoms with Gasteiger partial charge in [-0.2, -0.15) is 0 Å². The summed E-state index contributed by atoms with van der Waals surface area (Å²) >= 11 is 0. The van der Waals surface area contributed by atoms with E-state index in [-0.39, 0.29) is 0 Å². The van der Waals surface area contributed by atoms with Crippen LogP contribution in [-0.4, -0.2) is 48.4 Å². The van der Waals surface area contributed by atoms with Gasteiger partial charge >= 0.3 is 107 Å². The van der Waals surface area contributed by atoms with E-state index < -0.39 is 14.5 Å². The van der Waals surface area contributed by atoms with Gasteiger partial charge < -0.3 is 0 Å². The molecule has 0 aromatic rings. The summed E-state index contributed by atoms with van der Waals surface area (Å²) in [5.74, 6) is 0. The molecular formula is C21H47O7P. The van der Waals surface area contributed by atoms with Crippen LogP contribution in [0.3, 0.4) is 0 Å². The molecule has 29 heavy (non-hydrogen) atoms. The first kappa shape index (κ1) is 29.1. The van der Waals surface area contributed by atoms with Crippen LogP contribution in [-0.2, 0) is 18.5 Å². The number of ether oxygens (including phenoxy) is 2. The number of unbranched alkanes of at least 4 members (excludes halogenated alkanes) is 13. The van der Waals surface area contributed by atoms with Crippen molar-refractivity contribution in [2.45, 2.75) is 103 Å². The Morgan fingerprint density at radius 2 is 0.966 bits per heavy atom. The molecule has 0 saturated heterocycles. The Bertz CT molecular complexity index is 348. The van der Waals surface area contributed by atoms with Crippen molar-refractivity contribution in [1.82, 2.24) is 0 Å². The van der Waals surface area contributed by atoms with Crippen molar-refractivity contribution in [1.29, 1.82) is 0 Å². The molecule has 0 heterocycles.